The quantitative estimate of drug-likeness (QED) is 0.636. The van der Waals surface area contributed by atoms with E-state index < -0.39 is 0 Å². The molecule has 1 fully saturated rings. The Bertz CT molecular complexity index is 335. The SMILES string of the molecule is NC(=O)C(NC1CNC1)c1ccccc1. The molecule has 1 atom stereocenters. The smallest absolute Gasteiger partial charge is 0.239 e. The van der Waals surface area contributed by atoms with Crippen LogP contribution in [0.25, 0.3) is 0 Å². The zero-order chi connectivity index (χ0) is 10.7. The predicted molar refractivity (Wildman–Crippen MR) is 58.2 cm³/mol. The Kier molecular flexibility index (Phi) is 2.99. The third-order valence-corrected chi connectivity index (χ3v) is 2.60. The molecule has 1 heterocycles. The summed E-state index contributed by atoms with van der Waals surface area (Å²) >= 11 is 0. The maximum Gasteiger partial charge on any atom is 0.239 e. The molecule has 0 aliphatic carbocycles. The second-order valence-corrected chi connectivity index (χ2v) is 3.77. The average molecular weight is 205 g/mol. The van der Waals surface area contributed by atoms with E-state index in [1.165, 1.54) is 0 Å². The van der Waals surface area contributed by atoms with Crippen molar-refractivity contribution in [2.24, 2.45) is 5.73 Å². The number of hydrogen-bond donors (Lipinski definition) is 3. The van der Waals surface area contributed by atoms with Crippen LogP contribution >= 0.6 is 0 Å². The van der Waals surface area contributed by atoms with Crippen LogP contribution < -0.4 is 16.4 Å². The molecule has 2 rings (SSSR count). The number of nitrogens with one attached hydrogen (secondary N) is 2. The van der Waals surface area contributed by atoms with Crippen LogP contribution in [-0.4, -0.2) is 25.0 Å². The van der Waals surface area contributed by atoms with Crippen molar-refractivity contribution in [1.29, 1.82) is 0 Å². The Labute approximate surface area is 88.9 Å². The molecule has 1 aliphatic heterocycles. The van der Waals surface area contributed by atoms with E-state index >= 15 is 0 Å². The Balaban J connectivity index is 2.08. The lowest BCUT2D eigenvalue weighted by molar-refractivity contribution is -0.120. The molecule has 0 radical (unpaired) electrons. The Morgan fingerprint density at radius 3 is 2.53 bits per heavy atom. The highest BCUT2D eigenvalue weighted by molar-refractivity contribution is 5.81. The van der Waals surface area contributed by atoms with E-state index in [0.717, 1.165) is 18.7 Å². The minimum absolute atomic E-state index is 0.326. The maximum atomic E-state index is 11.3. The molecule has 4 heteroatoms. The lowest BCUT2D eigenvalue weighted by Gasteiger charge is -2.31. The van der Waals surface area contributed by atoms with Gasteiger partial charge in [-0.1, -0.05) is 30.3 Å². The summed E-state index contributed by atoms with van der Waals surface area (Å²) in [7, 11) is 0. The van der Waals surface area contributed by atoms with Crippen molar-refractivity contribution in [3.63, 3.8) is 0 Å². The molecule has 1 unspecified atom stereocenters. The summed E-state index contributed by atoms with van der Waals surface area (Å²) in [6, 6.07) is 9.54. The summed E-state index contributed by atoms with van der Waals surface area (Å²) in [5.41, 5.74) is 6.30. The molecule has 0 aromatic heterocycles. The van der Waals surface area contributed by atoms with Crippen LogP contribution in [0.15, 0.2) is 30.3 Å². The fourth-order valence-corrected chi connectivity index (χ4v) is 1.63. The number of carbonyl (C=O) groups excluding carboxylic acids is 1. The second-order valence-electron chi connectivity index (χ2n) is 3.77. The summed E-state index contributed by atoms with van der Waals surface area (Å²) in [5.74, 6) is -0.326. The van der Waals surface area contributed by atoms with E-state index in [2.05, 4.69) is 10.6 Å². The molecule has 1 saturated heterocycles. The topological polar surface area (TPSA) is 67.2 Å². The molecular weight excluding hydrogens is 190 g/mol. The highest BCUT2D eigenvalue weighted by atomic mass is 16.1. The zero-order valence-corrected chi connectivity index (χ0v) is 8.44. The number of hydrogen-bond acceptors (Lipinski definition) is 3. The monoisotopic (exact) mass is 205 g/mol. The molecular formula is C11H15N3O. The number of rotatable bonds is 4. The van der Waals surface area contributed by atoms with Gasteiger partial charge in [-0.3, -0.25) is 10.1 Å². The van der Waals surface area contributed by atoms with Crippen LogP contribution in [0.4, 0.5) is 0 Å². The third-order valence-electron chi connectivity index (χ3n) is 2.60. The van der Waals surface area contributed by atoms with Gasteiger partial charge in [0.25, 0.3) is 0 Å². The predicted octanol–water partition coefficient (Wildman–Crippen LogP) is -0.226. The van der Waals surface area contributed by atoms with Crippen LogP contribution in [0.2, 0.25) is 0 Å². The van der Waals surface area contributed by atoms with Crippen LogP contribution in [0.5, 0.6) is 0 Å². The second kappa shape index (κ2) is 4.42. The lowest BCUT2D eigenvalue weighted by atomic mass is 10.0. The number of benzene rings is 1. The first-order chi connectivity index (χ1) is 7.27. The van der Waals surface area contributed by atoms with Crippen molar-refractivity contribution in [3.8, 4) is 0 Å². The van der Waals surface area contributed by atoms with Gasteiger partial charge in [-0.2, -0.15) is 0 Å². The first-order valence-corrected chi connectivity index (χ1v) is 5.08. The Morgan fingerprint density at radius 1 is 1.40 bits per heavy atom. The summed E-state index contributed by atoms with van der Waals surface area (Å²) in [5, 5.41) is 6.37. The van der Waals surface area contributed by atoms with Gasteiger partial charge < -0.3 is 11.1 Å². The van der Waals surface area contributed by atoms with Gasteiger partial charge in [-0.15, -0.1) is 0 Å². The molecule has 0 bridgehead atoms. The van der Waals surface area contributed by atoms with E-state index in [9.17, 15) is 4.79 Å². The van der Waals surface area contributed by atoms with Gasteiger partial charge in [-0.25, -0.2) is 0 Å². The van der Waals surface area contributed by atoms with Crippen molar-refractivity contribution in [2.75, 3.05) is 13.1 Å². The largest absolute Gasteiger partial charge is 0.368 e. The van der Waals surface area contributed by atoms with Crippen molar-refractivity contribution in [1.82, 2.24) is 10.6 Å². The minimum Gasteiger partial charge on any atom is -0.368 e. The van der Waals surface area contributed by atoms with Crippen LogP contribution in [0.1, 0.15) is 11.6 Å². The molecule has 1 aliphatic rings. The van der Waals surface area contributed by atoms with Crippen molar-refractivity contribution >= 4 is 5.91 Å². The van der Waals surface area contributed by atoms with Crippen LogP contribution in [-0.2, 0) is 4.79 Å². The maximum absolute atomic E-state index is 11.3. The molecule has 1 amide bonds. The van der Waals surface area contributed by atoms with Crippen molar-refractivity contribution in [3.05, 3.63) is 35.9 Å². The third kappa shape index (κ3) is 2.34. The molecule has 1 aromatic carbocycles. The zero-order valence-electron chi connectivity index (χ0n) is 8.44. The molecule has 0 saturated carbocycles. The molecule has 4 nitrogen and oxygen atoms in total. The van der Waals surface area contributed by atoms with Gasteiger partial charge in [0.05, 0.1) is 0 Å². The molecule has 80 valence electrons. The number of nitrogens with two attached hydrogens (primary N) is 1. The molecule has 1 aromatic rings. The molecule has 15 heavy (non-hydrogen) atoms. The number of amides is 1. The number of primary amides is 1. The first kappa shape index (κ1) is 10.1. The highest BCUT2D eigenvalue weighted by Crippen LogP contribution is 2.13. The van der Waals surface area contributed by atoms with Gasteiger partial charge in [0.2, 0.25) is 5.91 Å². The first-order valence-electron chi connectivity index (χ1n) is 5.08. The fraction of sp³-hybridized carbons (Fsp3) is 0.364. The summed E-state index contributed by atoms with van der Waals surface area (Å²) in [4.78, 5) is 11.3. The summed E-state index contributed by atoms with van der Waals surface area (Å²) < 4.78 is 0. The van der Waals surface area contributed by atoms with E-state index in [1.54, 1.807) is 0 Å². The Hall–Kier alpha value is -1.39. The van der Waals surface area contributed by atoms with E-state index in [1.807, 2.05) is 30.3 Å². The minimum atomic E-state index is -0.377. The highest BCUT2D eigenvalue weighted by Gasteiger charge is 2.24. The molecule has 0 spiro atoms. The van der Waals surface area contributed by atoms with Crippen molar-refractivity contribution < 1.29 is 4.79 Å². The summed E-state index contributed by atoms with van der Waals surface area (Å²) in [6.07, 6.45) is 0. The van der Waals surface area contributed by atoms with E-state index in [-0.39, 0.29) is 11.9 Å². The van der Waals surface area contributed by atoms with Crippen LogP contribution in [0.3, 0.4) is 0 Å². The Morgan fingerprint density at radius 2 is 2.07 bits per heavy atom. The fourth-order valence-electron chi connectivity index (χ4n) is 1.63. The summed E-state index contributed by atoms with van der Waals surface area (Å²) in [6.45, 7) is 1.80. The van der Waals surface area contributed by atoms with Gasteiger partial charge in [-0.05, 0) is 5.56 Å². The van der Waals surface area contributed by atoms with Crippen LogP contribution in [0, 0.1) is 0 Å². The van der Waals surface area contributed by atoms with E-state index in [0.29, 0.717) is 6.04 Å². The standard InChI is InChI=1S/C11H15N3O/c12-11(15)10(14-9-6-13-7-9)8-4-2-1-3-5-8/h1-5,9-10,13-14H,6-7H2,(H2,12,15). The van der Waals surface area contributed by atoms with Gasteiger partial charge >= 0.3 is 0 Å². The average Bonchev–Trinajstić information content (AvgIpc) is 2.17. The lowest BCUT2D eigenvalue weighted by Crippen LogP contribution is -2.57. The van der Waals surface area contributed by atoms with Gasteiger partial charge in [0, 0.05) is 19.1 Å². The number of carbonyl (C=O) groups is 1. The van der Waals surface area contributed by atoms with Gasteiger partial charge in [0.1, 0.15) is 6.04 Å². The normalized spacial score (nSPS) is 18.1. The molecule has 4 N–H and O–H groups in total. The van der Waals surface area contributed by atoms with E-state index in [4.69, 9.17) is 5.73 Å². The van der Waals surface area contributed by atoms with Crippen molar-refractivity contribution in [2.45, 2.75) is 12.1 Å². The van der Waals surface area contributed by atoms with Gasteiger partial charge in [0.15, 0.2) is 0 Å².